The van der Waals surface area contributed by atoms with Crippen molar-refractivity contribution in [2.75, 3.05) is 0 Å². The molecule has 4 rings (SSSR count). The van der Waals surface area contributed by atoms with E-state index in [1.165, 1.54) is 38.2 Å². The number of esters is 1. The maximum absolute atomic E-state index is 11.3. The van der Waals surface area contributed by atoms with E-state index in [0.717, 1.165) is 24.5 Å². The van der Waals surface area contributed by atoms with Crippen molar-refractivity contribution in [2.24, 2.45) is 22.7 Å². The maximum Gasteiger partial charge on any atom is 0.308 e. The Balaban J connectivity index is 1.72. The van der Waals surface area contributed by atoms with E-state index in [2.05, 4.69) is 27.7 Å². The molecule has 4 atom stereocenters. The Kier molecular flexibility index (Phi) is 3.95. The Morgan fingerprint density at radius 2 is 1.88 bits per heavy atom. The van der Waals surface area contributed by atoms with E-state index >= 15 is 0 Å². The molecule has 1 aliphatic heterocycles. The van der Waals surface area contributed by atoms with Gasteiger partial charge in [0.15, 0.2) is 0 Å². The summed E-state index contributed by atoms with van der Waals surface area (Å²) in [6.45, 7) is 11.2. The van der Waals surface area contributed by atoms with Crippen LogP contribution in [-0.2, 0) is 11.2 Å². The molecule has 1 aromatic carbocycles. The fourth-order valence-electron chi connectivity index (χ4n) is 6.69. The van der Waals surface area contributed by atoms with E-state index in [9.17, 15) is 4.79 Å². The molecule has 3 aliphatic rings. The highest BCUT2D eigenvalue weighted by atomic mass is 16.5. The number of rotatable bonds is 1. The molecule has 26 heavy (non-hydrogen) atoms. The molecule has 3 nitrogen and oxygen atoms in total. The molecule has 1 aromatic rings. The van der Waals surface area contributed by atoms with Gasteiger partial charge in [-0.25, -0.2) is 0 Å². The van der Waals surface area contributed by atoms with Gasteiger partial charge in [0.05, 0.1) is 0 Å². The van der Waals surface area contributed by atoms with Crippen molar-refractivity contribution in [2.45, 2.75) is 78.7 Å². The first kappa shape index (κ1) is 17.9. The molecule has 3 heteroatoms. The van der Waals surface area contributed by atoms with Crippen molar-refractivity contribution in [1.29, 1.82) is 0 Å². The molecule has 0 amide bonds. The number of ether oxygens (including phenoxy) is 2. The molecule has 0 aromatic heterocycles. The van der Waals surface area contributed by atoms with Crippen LogP contribution < -0.4 is 9.47 Å². The highest BCUT2D eigenvalue weighted by molar-refractivity contribution is 5.69. The number of hydrogen-bond acceptors (Lipinski definition) is 3. The monoisotopic (exact) mass is 356 g/mol. The predicted molar refractivity (Wildman–Crippen MR) is 102 cm³/mol. The smallest absolute Gasteiger partial charge is 0.308 e. The van der Waals surface area contributed by atoms with Gasteiger partial charge in [-0.2, -0.15) is 0 Å². The SMILES string of the molecule is CC(=O)Oc1ccc2c(c1)C[C@H]1[C@]3(C)CCCC(C)(C)[C@H]3CC[C@]1(C)O2. The minimum atomic E-state index is -0.273. The van der Waals surface area contributed by atoms with Gasteiger partial charge in [0, 0.05) is 12.8 Å². The lowest BCUT2D eigenvalue weighted by molar-refractivity contribution is -0.162. The molecule has 1 heterocycles. The summed E-state index contributed by atoms with van der Waals surface area (Å²) in [5, 5.41) is 0. The van der Waals surface area contributed by atoms with Crippen LogP contribution in [0, 0.1) is 22.7 Å². The zero-order valence-electron chi connectivity index (χ0n) is 16.9. The van der Waals surface area contributed by atoms with Gasteiger partial charge in [-0.15, -0.1) is 0 Å². The van der Waals surface area contributed by atoms with Crippen LogP contribution in [-0.4, -0.2) is 11.6 Å². The lowest BCUT2D eigenvalue weighted by Gasteiger charge is -2.63. The summed E-state index contributed by atoms with van der Waals surface area (Å²) in [6, 6.07) is 5.84. The first-order chi connectivity index (χ1) is 12.1. The lowest BCUT2D eigenvalue weighted by atomic mass is 9.44. The molecular formula is C23H32O3. The van der Waals surface area contributed by atoms with E-state index in [4.69, 9.17) is 9.47 Å². The van der Waals surface area contributed by atoms with Crippen LogP contribution in [0.4, 0.5) is 0 Å². The summed E-state index contributed by atoms with van der Waals surface area (Å²) >= 11 is 0. The second-order valence-corrected chi connectivity index (χ2v) is 9.97. The highest BCUT2D eigenvalue weighted by Crippen LogP contribution is 2.64. The molecule has 142 valence electrons. The van der Waals surface area contributed by atoms with Crippen LogP contribution in [0.25, 0.3) is 0 Å². The number of fused-ring (bicyclic) bond motifs is 4. The minimum absolute atomic E-state index is 0.0887. The average molecular weight is 357 g/mol. The van der Waals surface area contributed by atoms with E-state index in [0.29, 0.717) is 22.5 Å². The molecule has 0 radical (unpaired) electrons. The summed E-state index contributed by atoms with van der Waals surface area (Å²) < 4.78 is 11.9. The normalized spacial score (nSPS) is 37.6. The fraction of sp³-hybridized carbons (Fsp3) is 0.696. The van der Waals surface area contributed by atoms with Crippen LogP contribution >= 0.6 is 0 Å². The predicted octanol–water partition coefficient (Wildman–Crippen LogP) is 5.55. The molecule has 0 unspecified atom stereocenters. The Labute approximate surface area is 157 Å². The Morgan fingerprint density at radius 3 is 2.62 bits per heavy atom. The minimum Gasteiger partial charge on any atom is -0.487 e. The van der Waals surface area contributed by atoms with Crippen molar-refractivity contribution >= 4 is 5.97 Å². The third kappa shape index (κ3) is 2.66. The first-order valence-corrected chi connectivity index (χ1v) is 10.1. The lowest BCUT2D eigenvalue weighted by Crippen LogP contribution is -2.61. The molecule has 2 saturated carbocycles. The van der Waals surface area contributed by atoms with E-state index in [1.54, 1.807) is 0 Å². The van der Waals surface area contributed by atoms with Crippen LogP contribution in [0.15, 0.2) is 18.2 Å². The van der Waals surface area contributed by atoms with Gasteiger partial charge in [0.25, 0.3) is 0 Å². The van der Waals surface area contributed by atoms with E-state index < -0.39 is 0 Å². The summed E-state index contributed by atoms with van der Waals surface area (Å²) in [4.78, 5) is 11.3. The highest BCUT2D eigenvalue weighted by Gasteiger charge is 2.60. The van der Waals surface area contributed by atoms with E-state index in [1.807, 2.05) is 18.2 Å². The van der Waals surface area contributed by atoms with Crippen molar-refractivity contribution in [3.8, 4) is 11.5 Å². The van der Waals surface area contributed by atoms with Crippen molar-refractivity contribution in [1.82, 2.24) is 0 Å². The molecule has 0 spiro atoms. The van der Waals surface area contributed by atoms with Crippen LogP contribution in [0.3, 0.4) is 0 Å². The average Bonchev–Trinajstić information content (AvgIpc) is 2.52. The Bertz CT molecular complexity index is 737. The molecular weight excluding hydrogens is 324 g/mol. The topological polar surface area (TPSA) is 35.5 Å². The van der Waals surface area contributed by atoms with Crippen molar-refractivity contribution in [3.63, 3.8) is 0 Å². The van der Waals surface area contributed by atoms with Crippen LogP contribution in [0.2, 0.25) is 0 Å². The molecule has 0 bridgehead atoms. The van der Waals surface area contributed by atoms with Gasteiger partial charge in [-0.05, 0) is 79.5 Å². The van der Waals surface area contributed by atoms with Gasteiger partial charge in [0.1, 0.15) is 17.1 Å². The van der Waals surface area contributed by atoms with Gasteiger partial charge in [0.2, 0.25) is 0 Å². The molecule has 0 N–H and O–H groups in total. The van der Waals surface area contributed by atoms with Gasteiger partial charge < -0.3 is 9.47 Å². The third-order valence-corrected chi connectivity index (χ3v) is 7.80. The van der Waals surface area contributed by atoms with E-state index in [-0.39, 0.29) is 11.6 Å². The maximum atomic E-state index is 11.3. The second-order valence-electron chi connectivity index (χ2n) is 9.97. The number of carbonyl (C=O) groups is 1. The summed E-state index contributed by atoms with van der Waals surface area (Å²) in [5.41, 5.74) is 1.82. The van der Waals surface area contributed by atoms with Crippen LogP contribution in [0.5, 0.6) is 11.5 Å². The molecule has 2 fully saturated rings. The van der Waals surface area contributed by atoms with Gasteiger partial charge in [-0.1, -0.05) is 27.2 Å². The fourth-order valence-corrected chi connectivity index (χ4v) is 6.69. The van der Waals surface area contributed by atoms with Gasteiger partial charge in [-0.3, -0.25) is 4.79 Å². The van der Waals surface area contributed by atoms with Crippen molar-refractivity contribution in [3.05, 3.63) is 23.8 Å². The van der Waals surface area contributed by atoms with Gasteiger partial charge >= 0.3 is 5.97 Å². The molecule has 0 saturated heterocycles. The molecule has 2 aliphatic carbocycles. The quantitative estimate of drug-likeness (QED) is 0.489. The first-order valence-electron chi connectivity index (χ1n) is 10.1. The largest absolute Gasteiger partial charge is 0.487 e. The zero-order chi connectivity index (χ0) is 18.7. The Hall–Kier alpha value is -1.51. The Morgan fingerprint density at radius 1 is 1.12 bits per heavy atom. The summed E-state index contributed by atoms with van der Waals surface area (Å²) in [7, 11) is 0. The number of benzene rings is 1. The zero-order valence-corrected chi connectivity index (χ0v) is 16.9. The summed E-state index contributed by atoms with van der Waals surface area (Å²) in [6.07, 6.45) is 7.36. The standard InChI is InChI=1S/C23H32O3/c1-15(24)25-17-7-8-18-16(13-17)14-20-22(4)11-6-10-21(2,3)19(22)9-12-23(20,5)26-18/h7-8,13,19-20H,6,9-12,14H2,1-5H3/t19-,20+,22-,23+/m1/s1. The second kappa shape index (κ2) is 5.74. The number of hydrogen-bond donors (Lipinski definition) is 0. The van der Waals surface area contributed by atoms with Crippen molar-refractivity contribution < 1.29 is 14.3 Å². The summed E-state index contributed by atoms with van der Waals surface area (Å²) in [5.74, 6) is 2.59. The third-order valence-electron chi connectivity index (χ3n) is 7.80. The van der Waals surface area contributed by atoms with Crippen LogP contribution in [0.1, 0.15) is 72.3 Å². The number of carbonyl (C=O) groups excluding carboxylic acids is 1.